The first kappa shape index (κ1) is 12.2. The van der Waals surface area contributed by atoms with E-state index in [0.29, 0.717) is 18.0 Å². The van der Waals surface area contributed by atoms with Crippen molar-refractivity contribution in [3.63, 3.8) is 0 Å². The minimum atomic E-state index is -0.162. The van der Waals surface area contributed by atoms with Crippen LogP contribution in [-0.4, -0.2) is 24.7 Å². The molecule has 0 spiro atoms. The molecule has 1 heterocycles. The van der Waals surface area contributed by atoms with E-state index in [-0.39, 0.29) is 11.5 Å². The van der Waals surface area contributed by atoms with Crippen molar-refractivity contribution in [2.75, 3.05) is 13.2 Å². The predicted molar refractivity (Wildman–Crippen MR) is 60.6 cm³/mol. The van der Waals surface area contributed by atoms with Gasteiger partial charge in [0.25, 0.3) is 0 Å². The molecule has 2 unspecified atom stereocenters. The predicted octanol–water partition coefficient (Wildman–Crippen LogP) is 1.88. The van der Waals surface area contributed by atoms with Crippen molar-refractivity contribution < 1.29 is 9.53 Å². The van der Waals surface area contributed by atoms with Crippen molar-refractivity contribution in [2.24, 2.45) is 5.92 Å². The maximum absolute atomic E-state index is 11.4. The minimum absolute atomic E-state index is 0.0782. The van der Waals surface area contributed by atoms with Crippen molar-refractivity contribution in [1.82, 2.24) is 5.32 Å². The molecule has 3 nitrogen and oxygen atoms in total. The van der Waals surface area contributed by atoms with E-state index >= 15 is 0 Å². The standard InChI is InChI=1S/C12H21NO2/c1-5-12(10(4)6-7-15-12)8-13-11(14)9(2)3/h10H,2,5-8H2,1,3-4H3,(H,13,14). The molecule has 86 valence electrons. The third-order valence-electron chi connectivity index (χ3n) is 3.37. The molecule has 0 saturated carbocycles. The van der Waals surface area contributed by atoms with Gasteiger partial charge in [-0.15, -0.1) is 0 Å². The Labute approximate surface area is 91.9 Å². The van der Waals surface area contributed by atoms with E-state index < -0.39 is 0 Å². The van der Waals surface area contributed by atoms with Gasteiger partial charge < -0.3 is 10.1 Å². The van der Waals surface area contributed by atoms with Crippen LogP contribution in [-0.2, 0) is 9.53 Å². The van der Waals surface area contributed by atoms with Crippen molar-refractivity contribution in [1.29, 1.82) is 0 Å². The fourth-order valence-electron chi connectivity index (χ4n) is 2.03. The first-order valence-electron chi connectivity index (χ1n) is 5.59. The van der Waals surface area contributed by atoms with Crippen LogP contribution in [0, 0.1) is 5.92 Å². The number of ether oxygens (including phenoxy) is 1. The third-order valence-corrected chi connectivity index (χ3v) is 3.37. The molecule has 0 aromatic heterocycles. The molecule has 0 radical (unpaired) electrons. The summed E-state index contributed by atoms with van der Waals surface area (Å²) in [7, 11) is 0. The molecule has 15 heavy (non-hydrogen) atoms. The van der Waals surface area contributed by atoms with Crippen molar-refractivity contribution in [3.05, 3.63) is 12.2 Å². The number of carbonyl (C=O) groups excluding carboxylic acids is 1. The molecular formula is C12H21NO2. The summed E-state index contributed by atoms with van der Waals surface area (Å²) < 4.78 is 5.79. The van der Waals surface area contributed by atoms with Gasteiger partial charge in [-0.05, 0) is 25.7 Å². The molecule has 3 heteroatoms. The fourth-order valence-corrected chi connectivity index (χ4v) is 2.03. The second-order valence-corrected chi connectivity index (χ2v) is 4.42. The molecule has 1 rings (SSSR count). The quantitative estimate of drug-likeness (QED) is 0.721. The maximum atomic E-state index is 11.4. The first-order chi connectivity index (χ1) is 7.02. The summed E-state index contributed by atoms with van der Waals surface area (Å²) in [5.74, 6) is 0.429. The number of amides is 1. The van der Waals surface area contributed by atoms with Gasteiger partial charge in [0.2, 0.25) is 5.91 Å². The smallest absolute Gasteiger partial charge is 0.246 e. The van der Waals surface area contributed by atoms with Crippen LogP contribution in [0.4, 0.5) is 0 Å². The van der Waals surface area contributed by atoms with Gasteiger partial charge in [0.05, 0.1) is 5.60 Å². The lowest BCUT2D eigenvalue weighted by atomic mass is 9.86. The second-order valence-electron chi connectivity index (χ2n) is 4.42. The molecule has 0 bridgehead atoms. The number of carbonyl (C=O) groups is 1. The highest BCUT2D eigenvalue weighted by molar-refractivity contribution is 5.92. The Balaban J connectivity index is 2.54. The Morgan fingerprint density at radius 2 is 2.33 bits per heavy atom. The zero-order chi connectivity index (χ0) is 11.5. The van der Waals surface area contributed by atoms with E-state index in [0.717, 1.165) is 19.4 Å². The zero-order valence-corrected chi connectivity index (χ0v) is 9.93. The summed E-state index contributed by atoms with van der Waals surface area (Å²) in [6, 6.07) is 0. The van der Waals surface area contributed by atoms with Gasteiger partial charge in [0.15, 0.2) is 0 Å². The molecular weight excluding hydrogens is 190 g/mol. The summed E-state index contributed by atoms with van der Waals surface area (Å²) in [6.07, 6.45) is 2.02. The SMILES string of the molecule is C=C(C)C(=O)NCC1(CC)OCCC1C. The van der Waals surface area contributed by atoms with Gasteiger partial charge in [0.1, 0.15) is 0 Å². The molecule has 1 amide bonds. The number of rotatable bonds is 4. The number of hydrogen-bond acceptors (Lipinski definition) is 2. The molecule has 1 aliphatic rings. The molecule has 1 aliphatic heterocycles. The first-order valence-corrected chi connectivity index (χ1v) is 5.59. The van der Waals surface area contributed by atoms with E-state index in [1.54, 1.807) is 6.92 Å². The van der Waals surface area contributed by atoms with Gasteiger partial charge in [0, 0.05) is 18.7 Å². The van der Waals surface area contributed by atoms with Crippen LogP contribution in [0.25, 0.3) is 0 Å². The monoisotopic (exact) mass is 211 g/mol. The van der Waals surface area contributed by atoms with E-state index in [2.05, 4.69) is 25.7 Å². The summed E-state index contributed by atoms with van der Waals surface area (Å²) in [5, 5.41) is 2.88. The topological polar surface area (TPSA) is 38.3 Å². The van der Waals surface area contributed by atoms with Crippen molar-refractivity contribution in [2.45, 2.75) is 39.2 Å². The van der Waals surface area contributed by atoms with Crippen LogP contribution < -0.4 is 5.32 Å². The second kappa shape index (κ2) is 4.79. The van der Waals surface area contributed by atoms with E-state index in [4.69, 9.17) is 4.74 Å². The normalized spacial score (nSPS) is 30.2. The molecule has 0 aromatic carbocycles. The van der Waals surface area contributed by atoms with E-state index in [9.17, 15) is 4.79 Å². The Hall–Kier alpha value is -0.830. The van der Waals surface area contributed by atoms with Crippen molar-refractivity contribution in [3.8, 4) is 0 Å². The Morgan fingerprint density at radius 3 is 2.73 bits per heavy atom. The van der Waals surface area contributed by atoms with Gasteiger partial charge in [-0.1, -0.05) is 20.4 Å². The molecule has 1 fully saturated rings. The van der Waals surface area contributed by atoms with Crippen molar-refractivity contribution >= 4 is 5.91 Å². The van der Waals surface area contributed by atoms with Gasteiger partial charge >= 0.3 is 0 Å². The molecule has 0 aliphatic carbocycles. The molecule has 2 atom stereocenters. The number of nitrogens with one attached hydrogen (secondary N) is 1. The number of hydrogen-bond donors (Lipinski definition) is 1. The fraction of sp³-hybridized carbons (Fsp3) is 0.750. The van der Waals surface area contributed by atoms with E-state index in [1.807, 2.05) is 0 Å². The van der Waals surface area contributed by atoms with Crippen LogP contribution in [0.5, 0.6) is 0 Å². The summed E-state index contributed by atoms with van der Waals surface area (Å²) in [6.45, 7) is 11.0. The Kier molecular flexibility index (Phi) is 3.91. The summed E-state index contributed by atoms with van der Waals surface area (Å²) >= 11 is 0. The lowest BCUT2D eigenvalue weighted by Gasteiger charge is -2.31. The minimum Gasteiger partial charge on any atom is -0.373 e. The lowest BCUT2D eigenvalue weighted by molar-refractivity contribution is -0.119. The highest BCUT2D eigenvalue weighted by Crippen LogP contribution is 2.34. The van der Waals surface area contributed by atoms with Crippen LogP contribution >= 0.6 is 0 Å². The highest BCUT2D eigenvalue weighted by atomic mass is 16.5. The summed E-state index contributed by atoms with van der Waals surface area (Å²) in [4.78, 5) is 11.4. The largest absolute Gasteiger partial charge is 0.373 e. The van der Waals surface area contributed by atoms with Crippen LogP contribution in [0.1, 0.15) is 33.6 Å². The zero-order valence-electron chi connectivity index (χ0n) is 9.93. The van der Waals surface area contributed by atoms with Crippen LogP contribution in [0.3, 0.4) is 0 Å². The summed E-state index contributed by atoms with van der Waals surface area (Å²) in [5.41, 5.74) is 0.386. The van der Waals surface area contributed by atoms with Crippen LogP contribution in [0.2, 0.25) is 0 Å². The molecule has 1 saturated heterocycles. The Morgan fingerprint density at radius 1 is 1.67 bits per heavy atom. The lowest BCUT2D eigenvalue weighted by Crippen LogP contribution is -2.45. The molecule has 1 N–H and O–H groups in total. The third kappa shape index (κ3) is 2.59. The van der Waals surface area contributed by atoms with E-state index in [1.165, 1.54) is 0 Å². The van der Waals surface area contributed by atoms with Gasteiger partial charge in [-0.2, -0.15) is 0 Å². The molecule has 0 aromatic rings. The maximum Gasteiger partial charge on any atom is 0.246 e. The van der Waals surface area contributed by atoms with Gasteiger partial charge in [-0.3, -0.25) is 4.79 Å². The Bertz CT molecular complexity index is 262. The van der Waals surface area contributed by atoms with Gasteiger partial charge in [-0.25, -0.2) is 0 Å². The highest BCUT2D eigenvalue weighted by Gasteiger charge is 2.40. The average molecular weight is 211 g/mol. The van der Waals surface area contributed by atoms with Crippen LogP contribution in [0.15, 0.2) is 12.2 Å². The average Bonchev–Trinajstić information content (AvgIpc) is 2.57.